The number of aliphatic hydroxyl groups excluding tert-OH is 1. The molecule has 0 saturated heterocycles. The molecule has 1 fully saturated rings. The van der Waals surface area contributed by atoms with Crippen LogP contribution in [0, 0.1) is 5.92 Å². The van der Waals surface area contributed by atoms with E-state index in [0.29, 0.717) is 25.0 Å². The number of carbonyl (C=O) groups excluding carboxylic acids is 1. The molecule has 2 atom stereocenters. The summed E-state index contributed by atoms with van der Waals surface area (Å²) in [6, 6.07) is 2.39. The highest BCUT2D eigenvalue weighted by atomic mass is 32.1. The highest BCUT2D eigenvalue weighted by Crippen LogP contribution is 2.23. The average molecular weight is 310 g/mol. The summed E-state index contributed by atoms with van der Waals surface area (Å²) < 4.78 is 0. The van der Waals surface area contributed by atoms with Crippen molar-refractivity contribution in [3.05, 3.63) is 22.4 Å². The fraction of sp³-hybridized carbons (Fsp3) is 0.688. The van der Waals surface area contributed by atoms with Crippen LogP contribution in [0.5, 0.6) is 0 Å². The highest BCUT2D eigenvalue weighted by molar-refractivity contribution is 7.07. The molecule has 1 amide bonds. The van der Waals surface area contributed by atoms with E-state index in [-0.39, 0.29) is 12.5 Å². The molecule has 1 aromatic heterocycles. The summed E-state index contributed by atoms with van der Waals surface area (Å²) in [7, 11) is 0. The van der Waals surface area contributed by atoms with E-state index >= 15 is 0 Å². The first-order chi connectivity index (χ1) is 10.2. The van der Waals surface area contributed by atoms with Crippen molar-refractivity contribution in [2.45, 2.75) is 45.2 Å². The number of hydrogen-bond donors (Lipinski definition) is 2. The topological polar surface area (TPSA) is 52.6 Å². The molecular weight excluding hydrogens is 284 g/mol. The summed E-state index contributed by atoms with van der Waals surface area (Å²) in [5, 5.41) is 16.5. The number of carbonyl (C=O) groups is 1. The maximum absolute atomic E-state index is 12.2. The van der Waals surface area contributed by atoms with Crippen LogP contribution in [0.3, 0.4) is 0 Å². The normalized spacial score (nSPS) is 22.4. The molecule has 0 bridgehead atoms. The third-order valence-corrected chi connectivity index (χ3v) is 4.96. The van der Waals surface area contributed by atoms with Crippen LogP contribution in [0.25, 0.3) is 0 Å². The quantitative estimate of drug-likeness (QED) is 0.812. The fourth-order valence-electron chi connectivity index (χ4n) is 2.98. The van der Waals surface area contributed by atoms with Crippen molar-refractivity contribution in [2.75, 3.05) is 19.7 Å². The standard InChI is InChI=1S/C16H26N2O2S/c1-13-4-2-3-5-15(13)17-16(20)11-18(7-8-19)10-14-6-9-21-12-14/h6,9,12-13,15,19H,2-5,7-8,10-11H2,1H3,(H,17,20). The molecular formula is C16H26N2O2S. The first-order valence-electron chi connectivity index (χ1n) is 7.82. The molecule has 0 spiro atoms. The van der Waals surface area contributed by atoms with Crippen molar-refractivity contribution in [1.29, 1.82) is 0 Å². The van der Waals surface area contributed by atoms with Crippen LogP contribution in [0.4, 0.5) is 0 Å². The molecule has 2 N–H and O–H groups in total. The van der Waals surface area contributed by atoms with Gasteiger partial charge in [-0.05, 0) is 41.1 Å². The van der Waals surface area contributed by atoms with Crippen LogP contribution < -0.4 is 5.32 Å². The van der Waals surface area contributed by atoms with Crippen molar-refractivity contribution in [1.82, 2.24) is 10.2 Å². The van der Waals surface area contributed by atoms with E-state index in [9.17, 15) is 9.90 Å². The lowest BCUT2D eigenvalue weighted by atomic mass is 9.86. The van der Waals surface area contributed by atoms with Gasteiger partial charge >= 0.3 is 0 Å². The summed E-state index contributed by atoms with van der Waals surface area (Å²) in [5.74, 6) is 0.656. The SMILES string of the molecule is CC1CCCCC1NC(=O)CN(CCO)Cc1ccsc1. The zero-order valence-corrected chi connectivity index (χ0v) is 13.6. The van der Waals surface area contributed by atoms with Gasteiger partial charge in [-0.3, -0.25) is 9.69 Å². The van der Waals surface area contributed by atoms with Crippen LogP contribution in [0.15, 0.2) is 16.8 Å². The third kappa shape index (κ3) is 5.41. The maximum atomic E-state index is 12.2. The molecule has 21 heavy (non-hydrogen) atoms. The van der Waals surface area contributed by atoms with Crippen molar-refractivity contribution in [2.24, 2.45) is 5.92 Å². The fourth-order valence-corrected chi connectivity index (χ4v) is 3.64. The Bertz CT molecular complexity index is 422. The summed E-state index contributed by atoms with van der Waals surface area (Å²) in [6.07, 6.45) is 4.80. The minimum atomic E-state index is 0.0806. The van der Waals surface area contributed by atoms with Crippen molar-refractivity contribution >= 4 is 17.2 Å². The van der Waals surface area contributed by atoms with Gasteiger partial charge in [0, 0.05) is 19.1 Å². The molecule has 0 radical (unpaired) electrons. The monoisotopic (exact) mass is 310 g/mol. The zero-order chi connectivity index (χ0) is 15.1. The average Bonchev–Trinajstić information content (AvgIpc) is 2.94. The Kier molecular flexibility index (Phi) is 6.67. The summed E-state index contributed by atoms with van der Waals surface area (Å²) >= 11 is 1.66. The second-order valence-electron chi connectivity index (χ2n) is 6.00. The molecule has 5 heteroatoms. The van der Waals surface area contributed by atoms with Crippen LogP contribution in [0.2, 0.25) is 0 Å². The number of nitrogens with zero attached hydrogens (tertiary/aromatic N) is 1. The van der Waals surface area contributed by atoms with Gasteiger partial charge in [0.25, 0.3) is 0 Å². The van der Waals surface area contributed by atoms with Crippen LogP contribution in [-0.4, -0.2) is 41.7 Å². The van der Waals surface area contributed by atoms with Crippen molar-refractivity contribution < 1.29 is 9.90 Å². The van der Waals surface area contributed by atoms with E-state index in [0.717, 1.165) is 13.0 Å². The number of nitrogens with one attached hydrogen (secondary N) is 1. The summed E-state index contributed by atoms with van der Waals surface area (Å²) in [5.41, 5.74) is 1.20. The molecule has 1 aliphatic carbocycles. The van der Waals surface area contributed by atoms with Crippen LogP contribution >= 0.6 is 11.3 Å². The molecule has 2 rings (SSSR count). The maximum Gasteiger partial charge on any atom is 0.234 e. The molecule has 1 aromatic rings. The number of hydrogen-bond acceptors (Lipinski definition) is 4. The van der Waals surface area contributed by atoms with Crippen LogP contribution in [-0.2, 0) is 11.3 Å². The molecule has 2 unspecified atom stereocenters. The number of thiophene rings is 1. The van der Waals surface area contributed by atoms with Gasteiger partial charge in [-0.25, -0.2) is 0 Å². The van der Waals surface area contributed by atoms with E-state index in [1.54, 1.807) is 11.3 Å². The predicted molar refractivity (Wildman–Crippen MR) is 86.2 cm³/mol. The minimum Gasteiger partial charge on any atom is -0.395 e. The Morgan fingerprint density at radius 1 is 1.48 bits per heavy atom. The Labute approximate surface area is 131 Å². The van der Waals surface area contributed by atoms with Gasteiger partial charge < -0.3 is 10.4 Å². The molecule has 1 heterocycles. The van der Waals surface area contributed by atoms with E-state index in [4.69, 9.17) is 0 Å². The molecule has 1 saturated carbocycles. The highest BCUT2D eigenvalue weighted by Gasteiger charge is 2.23. The predicted octanol–water partition coefficient (Wildman–Crippen LogP) is 2.24. The lowest BCUT2D eigenvalue weighted by Crippen LogP contribution is -2.46. The second kappa shape index (κ2) is 8.51. The van der Waals surface area contributed by atoms with Crippen molar-refractivity contribution in [3.63, 3.8) is 0 Å². The van der Waals surface area contributed by atoms with Crippen LogP contribution in [0.1, 0.15) is 38.2 Å². The Morgan fingerprint density at radius 2 is 2.29 bits per heavy atom. The first-order valence-corrected chi connectivity index (χ1v) is 8.77. The molecule has 4 nitrogen and oxygen atoms in total. The first kappa shape index (κ1) is 16.5. The van der Waals surface area contributed by atoms with E-state index in [1.165, 1.54) is 24.8 Å². The molecule has 1 aliphatic rings. The smallest absolute Gasteiger partial charge is 0.234 e. The van der Waals surface area contributed by atoms with Gasteiger partial charge in [0.05, 0.1) is 13.2 Å². The van der Waals surface area contributed by atoms with Gasteiger partial charge in [-0.15, -0.1) is 0 Å². The largest absolute Gasteiger partial charge is 0.395 e. The van der Waals surface area contributed by atoms with Gasteiger partial charge in [0.1, 0.15) is 0 Å². The second-order valence-corrected chi connectivity index (χ2v) is 6.78. The van der Waals surface area contributed by atoms with Gasteiger partial charge in [0.2, 0.25) is 5.91 Å². The molecule has 0 aromatic carbocycles. The third-order valence-electron chi connectivity index (χ3n) is 4.23. The van der Waals surface area contributed by atoms with E-state index in [2.05, 4.69) is 23.7 Å². The molecule has 0 aliphatic heterocycles. The van der Waals surface area contributed by atoms with E-state index in [1.807, 2.05) is 10.3 Å². The van der Waals surface area contributed by atoms with Gasteiger partial charge in [0.15, 0.2) is 0 Å². The number of rotatable bonds is 7. The summed E-state index contributed by atoms with van der Waals surface area (Å²) in [6.45, 7) is 3.92. The number of aliphatic hydroxyl groups is 1. The minimum absolute atomic E-state index is 0.0806. The summed E-state index contributed by atoms with van der Waals surface area (Å²) in [4.78, 5) is 14.2. The Hall–Kier alpha value is -0.910. The number of amides is 1. The van der Waals surface area contributed by atoms with E-state index < -0.39 is 0 Å². The lowest BCUT2D eigenvalue weighted by molar-refractivity contribution is -0.123. The molecule has 118 valence electrons. The Morgan fingerprint density at radius 3 is 2.95 bits per heavy atom. The van der Waals surface area contributed by atoms with Crippen molar-refractivity contribution in [3.8, 4) is 0 Å². The van der Waals surface area contributed by atoms with Gasteiger partial charge in [-0.1, -0.05) is 19.8 Å². The Balaban J connectivity index is 1.82. The zero-order valence-electron chi connectivity index (χ0n) is 12.8. The van der Waals surface area contributed by atoms with Gasteiger partial charge in [-0.2, -0.15) is 11.3 Å². The lowest BCUT2D eigenvalue weighted by Gasteiger charge is -2.30.